The highest BCUT2D eigenvalue weighted by Crippen LogP contribution is 2.28. The number of esters is 1. The Labute approximate surface area is 163 Å². The van der Waals surface area contributed by atoms with Gasteiger partial charge in [-0.3, -0.25) is 10.2 Å². The third-order valence-corrected chi connectivity index (χ3v) is 4.30. The number of methoxy groups -OCH3 is 1. The first-order chi connectivity index (χ1) is 13.2. The first-order valence-electron chi connectivity index (χ1n) is 8.86. The smallest absolute Gasteiger partial charge is 0.311 e. The van der Waals surface area contributed by atoms with Gasteiger partial charge in [0, 0.05) is 5.38 Å². The molecule has 1 heterocycles. The van der Waals surface area contributed by atoms with Crippen molar-refractivity contribution >= 4 is 28.7 Å². The van der Waals surface area contributed by atoms with Crippen molar-refractivity contribution in [3.05, 3.63) is 34.8 Å². The molecule has 0 radical (unpaired) electrons. The van der Waals surface area contributed by atoms with Gasteiger partial charge in [0.15, 0.2) is 11.5 Å². The minimum absolute atomic E-state index is 0.148. The molecule has 1 aromatic heterocycles. The van der Waals surface area contributed by atoms with Crippen molar-refractivity contribution in [2.24, 2.45) is 5.10 Å². The van der Waals surface area contributed by atoms with E-state index in [-0.39, 0.29) is 12.4 Å². The van der Waals surface area contributed by atoms with E-state index < -0.39 is 0 Å². The molecule has 0 aliphatic heterocycles. The molecule has 0 aliphatic carbocycles. The van der Waals surface area contributed by atoms with Gasteiger partial charge in [-0.05, 0) is 37.1 Å². The number of thiazole rings is 1. The van der Waals surface area contributed by atoms with Crippen LogP contribution >= 0.6 is 11.3 Å². The molecular formula is C19H25N3O4S. The van der Waals surface area contributed by atoms with Crippen molar-refractivity contribution in [2.45, 2.75) is 33.1 Å². The van der Waals surface area contributed by atoms with E-state index in [4.69, 9.17) is 9.47 Å². The summed E-state index contributed by atoms with van der Waals surface area (Å²) in [5.41, 5.74) is 4.39. The Bertz CT molecular complexity index is 761. The van der Waals surface area contributed by atoms with Crippen LogP contribution in [0.15, 0.2) is 28.7 Å². The molecule has 1 aromatic carbocycles. The van der Waals surface area contributed by atoms with Gasteiger partial charge in [0.25, 0.3) is 0 Å². The van der Waals surface area contributed by atoms with Crippen LogP contribution in [0.5, 0.6) is 11.5 Å². The fourth-order valence-corrected chi connectivity index (χ4v) is 2.80. The molecule has 8 heteroatoms. The van der Waals surface area contributed by atoms with E-state index in [1.54, 1.807) is 11.6 Å². The first-order valence-corrected chi connectivity index (χ1v) is 9.74. The number of hydrogen-bond acceptors (Lipinski definition) is 8. The molecule has 2 aromatic rings. The highest BCUT2D eigenvalue weighted by Gasteiger charge is 2.08. The molecule has 1 N–H and O–H groups in total. The maximum absolute atomic E-state index is 11.3. The zero-order valence-electron chi connectivity index (χ0n) is 15.9. The molecule has 0 fully saturated rings. The van der Waals surface area contributed by atoms with Crippen LogP contribution in [0.3, 0.4) is 0 Å². The van der Waals surface area contributed by atoms with Crippen LogP contribution in [-0.4, -0.2) is 37.5 Å². The molecule has 0 saturated heterocycles. The summed E-state index contributed by atoms with van der Waals surface area (Å²) in [5, 5.41) is 6.59. The minimum atomic E-state index is -0.319. The first kappa shape index (κ1) is 20.7. The number of nitrogens with one attached hydrogen (secondary N) is 1. The maximum Gasteiger partial charge on any atom is 0.311 e. The third kappa shape index (κ3) is 6.90. The molecule has 146 valence electrons. The van der Waals surface area contributed by atoms with Crippen molar-refractivity contribution < 1.29 is 19.0 Å². The molecule has 2 rings (SSSR count). The van der Waals surface area contributed by atoms with Gasteiger partial charge in [-0.1, -0.05) is 13.3 Å². The Morgan fingerprint density at radius 1 is 1.30 bits per heavy atom. The van der Waals surface area contributed by atoms with Crippen LogP contribution in [0, 0.1) is 0 Å². The molecule has 0 amide bonds. The van der Waals surface area contributed by atoms with E-state index in [1.165, 1.54) is 18.4 Å². The minimum Gasteiger partial charge on any atom is -0.490 e. The number of anilines is 1. The predicted molar refractivity (Wildman–Crippen MR) is 107 cm³/mol. The number of hydrazone groups is 1. The lowest BCUT2D eigenvalue weighted by Gasteiger charge is -2.12. The Kier molecular flexibility index (Phi) is 8.57. The Balaban J connectivity index is 1.97. The lowest BCUT2D eigenvalue weighted by atomic mass is 10.2. The number of benzene rings is 1. The number of carbonyl (C=O) groups is 1. The van der Waals surface area contributed by atoms with Crippen molar-refractivity contribution in [1.82, 2.24) is 4.98 Å². The van der Waals surface area contributed by atoms with Crippen molar-refractivity contribution in [3.8, 4) is 11.5 Å². The van der Waals surface area contributed by atoms with Gasteiger partial charge in [-0.15, -0.1) is 11.3 Å². The average molecular weight is 391 g/mol. The van der Waals surface area contributed by atoms with Gasteiger partial charge in [0.2, 0.25) is 5.13 Å². The molecular weight excluding hydrogens is 366 g/mol. The molecule has 0 atom stereocenters. The highest BCUT2D eigenvalue weighted by molar-refractivity contribution is 7.13. The number of aromatic nitrogens is 1. The topological polar surface area (TPSA) is 82.0 Å². The largest absolute Gasteiger partial charge is 0.490 e. The molecule has 0 saturated carbocycles. The van der Waals surface area contributed by atoms with Gasteiger partial charge in [0.05, 0.1) is 38.7 Å². The Hall–Kier alpha value is -2.61. The second kappa shape index (κ2) is 11.2. The summed E-state index contributed by atoms with van der Waals surface area (Å²) in [6.45, 7) is 5.29. The Morgan fingerprint density at radius 2 is 2.15 bits per heavy atom. The summed E-state index contributed by atoms with van der Waals surface area (Å²) >= 11 is 1.37. The van der Waals surface area contributed by atoms with E-state index in [1.807, 2.05) is 25.1 Å². The van der Waals surface area contributed by atoms with Crippen LogP contribution in [0.2, 0.25) is 0 Å². The normalized spacial score (nSPS) is 10.8. The summed E-state index contributed by atoms with van der Waals surface area (Å²) in [4.78, 5) is 15.5. The number of hydrogen-bond donors (Lipinski definition) is 1. The highest BCUT2D eigenvalue weighted by atomic mass is 32.1. The quantitative estimate of drug-likeness (QED) is 0.271. The molecule has 0 unspecified atom stereocenters. The van der Waals surface area contributed by atoms with E-state index >= 15 is 0 Å². The van der Waals surface area contributed by atoms with Gasteiger partial charge in [-0.25, -0.2) is 4.98 Å². The number of rotatable bonds is 11. The van der Waals surface area contributed by atoms with Gasteiger partial charge in [-0.2, -0.15) is 5.10 Å². The van der Waals surface area contributed by atoms with Crippen LogP contribution in [0.4, 0.5) is 5.13 Å². The summed E-state index contributed by atoms with van der Waals surface area (Å²) < 4.78 is 16.1. The molecule has 0 aliphatic rings. The molecule has 7 nitrogen and oxygen atoms in total. The van der Waals surface area contributed by atoms with Crippen molar-refractivity contribution in [2.75, 3.05) is 25.7 Å². The van der Waals surface area contributed by atoms with E-state index in [0.717, 1.165) is 24.2 Å². The van der Waals surface area contributed by atoms with E-state index in [9.17, 15) is 4.79 Å². The monoisotopic (exact) mass is 391 g/mol. The summed E-state index contributed by atoms with van der Waals surface area (Å²) in [6.07, 6.45) is 3.91. The lowest BCUT2D eigenvalue weighted by Crippen LogP contribution is -2.04. The number of ether oxygens (including phenoxy) is 3. The SMILES string of the molecule is CCCCOc1ccc(/C=N\Nc2nc(CC(=O)OC)cs2)cc1OCC. The van der Waals surface area contributed by atoms with Crippen molar-refractivity contribution in [3.63, 3.8) is 0 Å². The fourth-order valence-electron chi connectivity index (χ4n) is 2.14. The predicted octanol–water partition coefficient (Wildman–Crippen LogP) is 3.88. The van der Waals surface area contributed by atoms with Crippen LogP contribution in [0.25, 0.3) is 0 Å². The van der Waals surface area contributed by atoms with Gasteiger partial charge >= 0.3 is 5.97 Å². The second-order valence-corrected chi connectivity index (χ2v) is 6.47. The fraction of sp³-hybridized carbons (Fsp3) is 0.421. The number of unbranched alkanes of at least 4 members (excludes halogenated alkanes) is 1. The van der Waals surface area contributed by atoms with E-state index in [2.05, 4.69) is 27.2 Å². The maximum atomic E-state index is 11.3. The van der Waals surface area contributed by atoms with Gasteiger partial charge in [0.1, 0.15) is 0 Å². The van der Waals surface area contributed by atoms with Crippen LogP contribution < -0.4 is 14.9 Å². The average Bonchev–Trinajstić information content (AvgIpc) is 3.11. The molecule has 0 spiro atoms. The van der Waals surface area contributed by atoms with Crippen molar-refractivity contribution in [1.29, 1.82) is 0 Å². The number of nitrogens with zero attached hydrogens (tertiary/aromatic N) is 2. The van der Waals surface area contributed by atoms with E-state index in [0.29, 0.717) is 29.8 Å². The Morgan fingerprint density at radius 3 is 2.89 bits per heavy atom. The van der Waals surface area contributed by atoms with Gasteiger partial charge < -0.3 is 14.2 Å². The third-order valence-electron chi connectivity index (χ3n) is 3.50. The summed E-state index contributed by atoms with van der Waals surface area (Å²) in [5.74, 6) is 1.12. The zero-order valence-corrected chi connectivity index (χ0v) is 16.7. The summed E-state index contributed by atoms with van der Waals surface area (Å²) in [6, 6.07) is 5.69. The summed E-state index contributed by atoms with van der Waals surface area (Å²) in [7, 11) is 1.36. The standard InChI is InChI=1S/C19H25N3O4S/c1-4-6-9-26-16-8-7-14(10-17(16)25-5-2)12-20-22-19-21-15(13-27-19)11-18(23)24-3/h7-8,10,12-13H,4-6,9,11H2,1-3H3,(H,21,22)/b20-12-. The molecule has 27 heavy (non-hydrogen) atoms. The zero-order chi connectivity index (χ0) is 19.5. The van der Waals surface area contributed by atoms with Crippen LogP contribution in [0.1, 0.15) is 37.9 Å². The second-order valence-electron chi connectivity index (χ2n) is 5.61. The number of carbonyl (C=O) groups excluding carboxylic acids is 1. The molecule has 0 bridgehead atoms. The lowest BCUT2D eigenvalue weighted by molar-refractivity contribution is -0.139. The van der Waals surface area contributed by atoms with Crippen LogP contribution in [-0.2, 0) is 16.0 Å².